The van der Waals surface area contributed by atoms with E-state index in [1.54, 1.807) is 0 Å². The molecule has 1 aromatic heterocycles. The van der Waals surface area contributed by atoms with Gasteiger partial charge in [0.15, 0.2) is 0 Å². The van der Waals surface area contributed by atoms with Gasteiger partial charge >= 0.3 is 0 Å². The predicted molar refractivity (Wildman–Crippen MR) is 70.2 cm³/mol. The summed E-state index contributed by atoms with van der Waals surface area (Å²) in [4.78, 5) is 9.09. The Kier molecular flexibility index (Phi) is 4.11. The third-order valence-electron chi connectivity index (χ3n) is 3.40. The first-order valence-corrected chi connectivity index (χ1v) is 6.77. The van der Waals surface area contributed by atoms with Crippen LogP contribution in [0.3, 0.4) is 0 Å². The second kappa shape index (κ2) is 5.58. The van der Waals surface area contributed by atoms with E-state index in [1.165, 1.54) is 36.2 Å². The molecule has 1 aliphatic rings. The summed E-state index contributed by atoms with van der Waals surface area (Å²) in [6, 6.07) is 0.816. The van der Waals surface area contributed by atoms with Gasteiger partial charge in [0.05, 0.1) is 0 Å². The molecule has 3 heteroatoms. The van der Waals surface area contributed by atoms with Crippen molar-refractivity contribution < 1.29 is 0 Å². The highest BCUT2D eigenvalue weighted by Gasteiger charge is 2.19. The van der Waals surface area contributed by atoms with E-state index in [0.717, 1.165) is 31.3 Å². The molecule has 0 amide bonds. The fourth-order valence-electron chi connectivity index (χ4n) is 2.19. The van der Waals surface area contributed by atoms with E-state index < -0.39 is 0 Å². The van der Waals surface area contributed by atoms with Crippen LogP contribution in [0.25, 0.3) is 0 Å². The summed E-state index contributed by atoms with van der Waals surface area (Å²) in [5.41, 5.74) is 3.68. The Hall–Kier alpha value is -0.960. The Labute approximate surface area is 104 Å². The van der Waals surface area contributed by atoms with Gasteiger partial charge in [-0.3, -0.25) is 0 Å². The van der Waals surface area contributed by atoms with Crippen molar-refractivity contribution >= 4 is 0 Å². The van der Waals surface area contributed by atoms with Gasteiger partial charge in [-0.05, 0) is 51.6 Å². The van der Waals surface area contributed by atoms with Crippen LogP contribution in [0.1, 0.15) is 49.0 Å². The van der Waals surface area contributed by atoms with E-state index in [-0.39, 0.29) is 0 Å². The van der Waals surface area contributed by atoms with E-state index >= 15 is 0 Å². The maximum absolute atomic E-state index is 4.55. The number of nitrogens with zero attached hydrogens (tertiary/aromatic N) is 2. The fourth-order valence-corrected chi connectivity index (χ4v) is 2.19. The molecule has 3 nitrogen and oxygen atoms in total. The van der Waals surface area contributed by atoms with E-state index in [0.29, 0.717) is 0 Å². The predicted octanol–water partition coefficient (Wildman–Crippen LogP) is 2.34. The molecule has 1 aromatic rings. The first-order chi connectivity index (χ1) is 8.20. The van der Waals surface area contributed by atoms with Gasteiger partial charge in [0.25, 0.3) is 0 Å². The molecule has 1 saturated carbocycles. The second-order valence-corrected chi connectivity index (χ2v) is 4.97. The molecule has 0 spiro atoms. The number of aromatic nitrogens is 2. The van der Waals surface area contributed by atoms with Gasteiger partial charge in [-0.15, -0.1) is 0 Å². The Morgan fingerprint density at radius 2 is 1.82 bits per heavy atom. The van der Waals surface area contributed by atoms with Crippen molar-refractivity contribution in [3.8, 4) is 0 Å². The standard InChI is InChI=1S/C14H23N3/c1-4-14-16-10(2)13(11(3)17-14)6-5-9-15-12-7-8-12/h12,15H,4-9H2,1-3H3. The molecular formula is C14H23N3. The molecule has 17 heavy (non-hydrogen) atoms. The lowest BCUT2D eigenvalue weighted by molar-refractivity contribution is 0.641. The molecule has 0 radical (unpaired) electrons. The minimum atomic E-state index is 0.816. The molecular weight excluding hydrogens is 210 g/mol. The molecule has 0 aliphatic heterocycles. The SMILES string of the molecule is CCc1nc(C)c(CCCNC2CC2)c(C)n1. The Bertz CT molecular complexity index is 360. The Morgan fingerprint density at radius 3 is 2.35 bits per heavy atom. The molecule has 1 heterocycles. The first-order valence-electron chi connectivity index (χ1n) is 6.77. The van der Waals surface area contributed by atoms with Crippen LogP contribution in [0, 0.1) is 13.8 Å². The van der Waals surface area contributed by atoms with Crippen molar-refractivity contribution in [3.63, 3.8) is 0 Å². The minimum Gasteiger partial charge on any atom is -0.314 e. The van der Waals surface area contributed by atoms with Crippen LogP contribution in [0.5, 0.6) is 0 Å². The van der Waals surface area contributed by atoms with Gasteiger partial charge in [0, 0.05) is 23.9 Å². The van der Waals surface area contributed by atoms with Crippen LogP contribution in [0.4, 0.5) is 0 Å². The highest BCUT2D eigenvalue weighted by atomic mass is 14.9. The monoisotopic (exact) mass is 233 g/mol. The zero-order chi connectivity index (χ0) is 12.3. The van der Waals surface area contributed by atoms with Crippen molar-refractivity contribution in [1.82, 2.24) is 15.3 Å². The highest BCUT2D eigenvalue weighted by molar-refractivity contribution is 5.24. The minimum absolute atomic E-state index is 0.816. The quantitative estimate of drug-likeness (QED) is 0.766. The zero-order valence-corrected chi connectivity index (χ0v) is 11.2. The molecule has 0 saturated heterocycles. The lowest BCUT2D eigenvalue weighted by Crippen LogP contribution is -2.18. The van der Waals surface area contributed by atoms with Crippen LogP contribution in [0.15, 0.2) is 0 Å². The van der Waals surface area contributed by atoms with E-state index in [4.69, 9.17) is 0 Å². The van der Waals surface area contributed by atoms with E-state index in [9.17, 15) is 0 Å². The average molecular weight is 233 g/mol. The topological polar surface area (TPSA) is 37.8 Å². The van der Waals surface area contributed by atoms with Crippen LogP contribution in [-0.2, 0) is 12.8 Å². The van der Waals surface area contributed by atoms with Crippen molar-refractivity contribution in [3.05, 3.63) is 22.8 Å². The molecule has 0 aromatic carbocycles. The largest absolute Gasteiger partial charge is 0.314 e. The molecule has 0 unspecified atom stereocenters. The van der Waals surface area contributed by atoms with Crippen molar-refractivity contribution in [2.75, 3.05) is 6.54 Å². The smallest absolute Gasteiger partial charge is 0.128 e. The Balaban J connectivity index is 1.89. The third kappa shape index (κ3) is 3.50. The molecule has 1 fully saturated rings. The van der Waals surface area contributed by atoms with Crippen LogP contribution in [-0.4, -0.2) is 22.6 Å². The normalized spacial score (nSPS) is 15.2. The molecule has 0 atom stereocenters. The summed E-state index contributed by atoms with van der Waals surface area (Å²) >= 11 is 0. The van der Waals surface area contributed by atoms with Gasteiger partial charge in [0.1, 0.15) is 5.82 Å². The molecule has 94 valence electrons. The van der Waals surface area contributed by atoms with Gasteiger partial charge in [0.2, 0.25) is 0 Å². The summed E-state index contributed by atoms with van der Waals surface area (Å²) in [6.45, 7) is 7.45. The number of aryl methyl sites for hydroxylation is 3. The number of nitrogens with one attached hydrogen (secondary N) is 1. The maximum atomic E-state index is 4.55. The van der Waals surface area contributed by atoms with Crippen LogP contribution >= 0.6 is 0 Å². The molecule has 0 bridgehead atoms. The fraction of sp³-hybridized carbons (Fsp3) is 0.714. The summed E-state index contributed by atoms with van der Waals surface area (Å²) in [7, 11) is 0. The maximum Gasteiger partial charge on any atom is 0.128 e. The van der Waals surface area contributed by atoms with Crippen LogP contribution < -0.4 is 5.32 Å². The second-order valence-electron chi connectivity index (χ2n) is 4.97. The lowest BCUT2D eigenvalue weighted by Gasteiger charge is -2.10. The summed E-state index contributed by atoms with van der Waals surface area (Å²) < 4.78 is 0. The van der Waals surface area contributed by atoms with Crippen LogP contribution in [0.2, 0.25) is 0 Å². The van der Waals surface area contributed by atoms with Crippen molar-refractivity contribution in [1.29, 1.82) is 0 Å². The summed E-state index contributed by atoms with van der Waals surface area (Å²) in [5.74, 6) is 0.972. The zero-order valence-electron chi connectivity index (χ0n) is 11.2. The lowest BCUT2D eigenvalue weighted by atomic mass is 10.1. The van der Waals surface area contributed by atoms with Gasteiger partial charge in [-0.2, -0.15) is 0 Å². The van der Waals surface area contributed by atoms with Crippen molar-refractivity contribution in [2.45, 2.75) is 58.9 Å². The summed E-state index contributed by atoms with van der Waals surface area (Å²) in [5, 5.41) is 3.55. The molecule has 1 aliphatic carbocycles. The number of hydrogen-bond donors (Lipinski definition) is 1. The molecule has 1 N–H and O–H groups in total. The number of hydrogen-bond acceptors (Lipinski definition) is 3. The number of rotatable bonds is 6. The van der Waals surface area contributed by atoms with E-state index in [2.05, 4.69) is 36.1 Å². The molecule has 2 rings (SSSR count). The third-order valence-corrected chi connectivity index (χ3v) is 3.40. The highest BCUT2D eigenvalue weighted by Crippen LogP contribution is 2.18. The van der Waals surface area contributed by atoms with Gasteiger partial charge in [-0.25, -0.2) is 9.97 Å². The van der Waals surface area contributed by atoms with Crippen molar-refractivity contribution in [2.24, 2.45) is 0 Å². The Morgan fingerprint density at radius 1 is 1.18 bits per heavy atom. The van der Waals surface area contributed by atoms with E-state index in [1.807, 2.05) is 0 Å². The average Bonchev–Trinajstić information content (AvgIpc) is 3.10. The first kappa shape index (κ1) is 12.5. The summed E-state index contributed by atoms with van der Waals surface area (Å²) in [6.07, 6.45) is 5.94. The van der Waals surface area contributed by atoms with Gasteiger partial charge in [-0.1, -0.05) is 6.92 Å². The van der Waals surface area contributed by atoms with Gasteiger partial charge < -0.3 is 5.32 Å².